The first kappa shape index (κ1) is 21.8. The lowest BCUT2D eigenvalue weighted by atomic mass is 9.92. The second-order valence-electron chi connectivity index (χ2n) is 8.67. The zero-order chi connectivity index (χ0) is 23.0. The zero-order valence-electron chi connectivity index (χ0n) is 18.8. The molecule has 0 bridgehead atoms. The predicted molar refractivity (Wildman–Crippen MR) is 131 cm³/mol. The summed E-state index contributed by atoms with van der Waals surface area (Å²) in [6.07, 6.45) is 3.38. The molecule has 2 aliphatic rings. The number of fused-ring (bicyclic) bond motifs is 1. The highest BCUT2D eigenvalue weighted by atomic mass is 32.2. The highest BCUT2D eigenvalue weighted by Gasteiger charge is 2.28. The molecule has 172 valence electrons. The Morgan fingerprint density at radius 1 is 1.12 bits per heavy atom. The molecule has 1 aliphatic carbocycles. The molecule has 1 saturated heterocycles. The van der Waals surface area contributed by atoms with Crippen LogP contribution in [0.5, 0.6) is 0 Å². The minimum atomic E-state index is -3.34. The average Bonchev–Trinajstić information content (AvgIpc) is 3.12. The number of morpholine rings is 1. The number of sulfonamides is 1. The number of nitriles is 1. The van der Waals surface area contributed by atoms with E-state index in [-0.39, 0.29) is 5.75 Å². The molecule has 7 nitrogen and oxygen atoms in total. The third kappa shape index (κ3) is 4.07. The van der Waals surface area contributed by atoms with Crippen LogP contribution in [0.15, 0.2) is 42.5 Å². The number of nitrogens with zero attached hydrogens (tertiary/aromatic N) is 3. The lowest BCUT2D eigenvalue weighted by Crippen LogP contribution is -2.36. The van der Waals surface area contributed by atoms with Crippen molar-refractivity contribution in [3.63, 3.8) is 0 Å². The molecule has 1 saturated carbocycles. The summed E-state index contributed by atoms with van der Waals surface area (Å²) in [5.74, 6) is 0.0225. The molecule has 1 aliphatic heterocycles. The fraction of sp³-hybridized carbons (Fsp3) is 0.400. The van der Waals surface area contributed by atoms with Crippen LogP contribution < -0.4 is 9.62 Å². The highest BCUT2D eigenvalue weighted by molar-refractivity contribution is 7.92. The SMILES string of the molecule is CCS(=O)(=O)Nc1ccc(-c2c(C#N)c3ccc(N4CCOCC4)cc3n2C2CCC2)cc1. The van der Waals surface area contributed by atoms with Crippen LogP contribution in [-0.2, 0) is 14.8 Å². The molecule has 0 amide bonds. The van der Waals surface area contributed by atoms with E-state index in [1.54, 1.807) is 19.1 Å². The predicted octanol–water partition coefficient (Wildman–Crippen LogP) is 4.50. The van der Waals surface area contributed by atoms with Gasteiger partial charge in [0, 0.05) is 35.9 Å². The Bertz CT molecular complexity index is 1310. The van der Waals surface area contributed by atoms with Gasteiger partial charge in [0.15, 0.2) is 0 Å². The Morgan fingerprint density at radius 3 is 2.45 bits per heavy atom. The number of hydrogen-bond acceptors (Lipinski definition) is 5. The Labute approximate surface area is 194 Å². The number of aromatic nitrogens is 1. The summed E-state index contributed by atoms with van der Waals surface area (Å²) >= 11 is 0. The summed E-state index contributed by atoms with van der Waals surface area (Å²) in [4.78, 5) is 2.33. The molecule has 0 radical (unpaired) electrons. The minimum absolute atomic E-state index is 0.0225. The van der Waals surface area contributed by atoms with Gasteiger partial charge in [0.25, 0.3) is 0 Å². The van der Waals surface area contributed by atoms with E-state index >= 15 is 0 Å². The maximum Gasteiger partial charge on any atom is 0.232 e. The summed E-state index contributed by atoms with van der Waals surface area (Å²) in [6.45, 7) is 4.79. The third-order valence-electron chi connectivity index (χ3n) is 6.73. The number of rotatable bonds is 6. The largest absolute Gasteiger partial charge is 0.378 e. The molecular formula is C25H28N4O3S. The monoisotopic (exact) mass is 464 g/mol. The molecule has 5 rings (SSSR count). The molecule has 2 aromatic carbocycles. The van der Waals surface area contributed by atoms with Crippen LogP contribution in [0.4, 0.5) is 11.4 Å². The van der Waals surface area contributed by atoms with Crippen LogP contribution in [0.1, 0.15) is 37.8 Å². The molecule has 8 heteroatoms. The van der Waals surface area contributed by atoms with Crippen molar-refractivity contribution in [2.75, 3.05) is 41.7 Å². The van der Waals surface area contributed by atoms with Gasteiger partial charge >= 0.3 is 0 Å². The van der Waals surface area contributed by atoms with Gasteiger partial charge in [-0.25, -0.2) is 8.42 Å². The van der Waals surface area contributed by atoms with E-state index in [1.165, 1.54) is 6.42 Å². The van der Waals surface area contributed by atoms with E-state index in [9.17, 15) is 13.7 Å². The highest BCUT2D eigenvalue weighted by Crippen LogP contribution is 2.43. The average molecular weight is 465 g/mol. The number of hydrogen-bond donors (Lipinski definition) is 1. The maximum absolute atomic E-state index is 11.9. The van der Waals surface area contributed by atoms with Crippen LogP contribution in [0.25, 0.3) is 22.2 Å². The quantitative estimate of drug-likeness (QED) is 0.580. The first-order chi connectivity index (χ1) is 16.0. The van der Waals surface area contributed by atoms with Gasteiger partial charge in [0.05, 0.1) is 35.7 Å². The van der Waals surface area contributed by atoms with Crippen LogP contribution in [-0.4, -0.2) is 45.0 Å². The standard InChI is InChI=1S/C25H28N4O3S/c1-2-33(30,31)27-19-8-6-18(7-9-19)25-23(17-26)22-11-10-21(28-12-14-32-15-13-28)16-24(22)29(25)20-4-3-5-20/h6-11,16,20,27H,2-5,12-15H2,1H3. The molecular weight excluding hydrogens is 436 g/mol. The van der Waals surface area contributed by atoms with E-state index in [1.807, 2.05) is 12.1 Å². The fourth-order valence-corrected chi connectivity index (χ4v) is 5.33. The lowest BCUT2D eigenvalue weighted by molar-refractivity contribution is 0.122. The number of nitrogens with one attached hydrogen (secondary N) is 1. The number of ether oxygens (including phenoxy) is 1. The Morgan fingerprint density at radius 2 is 1.85 bits per heavy atom. The summed E-state index contributed by atoms with van der Waals surface area (Å²) in [5, 5.41) is 11.1. The van der Waals surface area contributed by atoms with Crippen molar-refractivity contribution in [2.24, 2.45) is 0 Å². The Balaban J connectivity index is 1.62. The first-order valence-corrected chi connectivity index (χ1v) is 13.2. The minimum Gasteiger partial charge on any atom is -0.378 e. The van der Waals surface area contributed by atoms with E-state index in [2.05, 4.69) is 38.5 Å². The van der Waals surface area contributed by atoms with Gasteiger partial charge in [-0.3, -0.25) is 4.72 Å². The molecule has 0 atom stereocenters. The van der Waals surface area contributed by atoms with Gasteiger partial charge < -0.3 is 14.2 Å². The van der Waals surface area contributed by atoms with Gasteiger partial charge in [0.1, 0.15) is 6.07 Å². The topological polar surface area (TPSA) is 87.4 Å². The molecule has 2 heterocycles. The zero-order valence-corrected chi connectivity index (χ0v) is 19.6. The molecule has 3 aromatic rings. The Kier molecular flexibility index (Phi) is 5.77. The van der Waals surface area contributed by atoms with E-state index in [4.69, 9.17) is 4.74 Å². The number of anilines is 2. The van der Waals surface area contributed by atoms with Crippen LogP contribution in [0.3, 0.4) is 0 Å². The van der Waals surface area contributed by atoms with Gasteiger partial charge in [-0.05, 0) is 62.1 Å². The molecule has 1 aromatic heterocycles. The summed E-state index contributed by atoms with van der Waals surface area (Å²) in [5.41, 5.74) is 5.28. The van der Waals surface area contributed by atoms with Crippen molar-refractivity contribution >= 4 is 32.3 Å². The van der Waals surface area contributed by atoms with Crippen LogP contribution >= 0.6 is 0 Å². The maximum atomic E-state index is 11.9. The molecule has 0 spiro atoms. The Hall–Kier alpha value is -3.02. The normalized spacial score (nSPS) is 17.0. The molecule has 1 N–H and O–H groups in total. The second kappa shape index (κ2) is 8.73. The third-order valence-corrected chi connectivity index (χ3v) is 8.03. The van der Waals surface area contributed by atoms with Gasteiger partial charge in [-0.1, -0.05) is 12.1 Å². The van der Waals surface area contributed by atoms with E-state index in [0.29, 0.717) is 17.3 Å². The van der Waals surface area contributed by atoms with Gasteiger partial charge in [-0.15, -0.1) is 0 Å². The molecule has 33 heavy (non-hydrogen) atoms. The van der Waals surface area contributed by atoms with Crippen molar-refractivity contribution in [3.8, 4) is 17.3 Å². The van der Waals surface area contributed by atoms with Crippen molar-refractivity contribution in [3.05, 3.63) is 48.0 Å². The summed E-state index contributed by atoms with van der Waals surface area (Å²) < 4.78 is 34.3. The molecule has 2 fully saturated rings. The van der Waals surface area contributed by atoms with Crippen molar-refractivity contribution < 1.29 is 13.2 Å². The van der Waals surface area contributed by atoms with Crippen LogP contribution in [0.2, 0.25) is 0 Å². The van der Waals surface area contributed by atoms with Crippen molar-refractivity contribution in [1.82, 2.24) is 4.57 Å². The van der Waals surface area contributed by atoms with Crippen molar-refractivity contribution in [1.29, 1.82) is 5.26 Å². The van der Waals surface area contributed by atoms with Gasteiger partial charge in [0.2, 0.25) is 10.0 Å². The number of benzene rings is 2. The second-order valence-corrected chi connectivity index (χ2v) is 10.7. The smallest absolute Gasteiger partial charge is 0.232 e. The van der Waals surface area contributed by atoms with Crippen molar-refractivity contribution in [2.45, 2.75) is 32.2 Å². The summed E-state index contributed by atoms with van der Waals surface area (Å²) in [6, 6.07) is 16.6. The fourth-order valence-electron chi connectivity index (χ4n) is 4.69. The van der Waals surface area contributed by atoms with E-state index < -0.39 is 10.0 Å². The summed E-state index contributed by atoms with van der Waals surface area (Å²) in [7, 11) is -3.34. The van der Waals surface area contributed by atoms with Crippen LogP contribution in [0, 0.1) is 11.3 Å². The molecule has 0 unspecified atom stereocenters. The first-order valence-electron chi connectivity index (χ1n) is 11.5. The lowest BCUT2D eigenvalue weighted by Gasteiger charge is -2.31. The van der Waals surface area contributed by atoms with Gasteiger partial charge in [-0.2, -0.15) is 5.26 Å². The van der Waals surface area contributed by atoms with E-state index in [0.717, 1.165) is 67.0 Å².